The highest BCUT2D eigenvalue weighted by molar-refractivity contribution is 7.89. The van der Waals surface area contributed by atoms with E-state index < -0.39 is 22.0 Å². The van der Waals surface area contributed by atoms with E-state index in [2.05, 4.69) is 0 Å². The zero-order valence-corrected chi connectivity index (χ0v) is 11.2. The molecule has 0 aliphatic carbocycles. The van der Waals surface area contributed by atoms with Gasteiger partial charge in [-0.2, -0.15) is 9.57 Å². The lowest BCUT2D eigenvalue weighted by Gasteiger charge is -2.31. The van der Waals surface area contributed by atoms with Gasteiger partial charge in [0.2, 0.25) is 10.0 Å². The molecule has 7 nitrogen and oxygen atoms in total. The molecule has 1 unspecified atom stereocenters. The Morgan fingerprint density at radius 2 is 2.05 bits per heavy atom. The summed E-state index contributed by atoms with van der Waals surface area (Å²) in [6.07, 6.45) is 0. The summed E-state index contributed by atoms with van der Waals surface area (Å²) in [7, 11) is -3.92. The van der Waals surface area contributed by atoms with Gasteiger partial charge in [0.15, 0.2) is 0 Å². The van der Waals surface area contributed by atoms with E-state index >= 15 is 0 Å². The van der Waals surface area contributed by atoms with Crippen LogP contribution in [0.5, 0.6) is 0 Å². The smallest absolute Gasteiger partial charge is 0.324 e. The van der Waals surface area contributed by atoms with E-state index in [4.69, 9.17) is 15.1 Å². The van der Waals surface area contributed by atoms with Gasteiger partial charge in [-0.05, 0) is 24.3 Å². The third kappa shape index (κ3) is 2.65. The number of carbonyl (C=O) groups is 1. The number of sulfonamides is 1. The first-order chi connectivity index (χ1) is 9.46. The van der Waals surface area contributed by atoms with Gasteiger partial charge < -0.3 is 9.84 Å². The number of nitriles is 1. The lowest BCUT2D eigenvalue weighted by molar-refractivity contribution is -0.146. The van der Waals surface area contributed by atoms with Gasteiger partial charge in [0.05, 0.1) is 29.7 Å². The third-order valence-electron chi connectivity index (χ3n) is 2.95. The summed E-state index contributed by atoms with van der Waals surface area (Å²) in [5.41, 5.74) is 0.334. The number of nitrogens with zero attached hydrogens (tertiary/aromatic N) is 2. The second kappa shape index (κ2) is 5.58. The van der Waals surface area contributed by atoms with Crippen LogP contribution in [0.2, 0.25) is 0 Å². The maximum absolute atomic E-state index is 12.4. The molecule has 1 N–H and O–H groups in total. The van der Waals surface area contributed by atoms with Crippen molar-refractivity contribution in [2.24, 2.45) is 0 Å². The van der Waals surface area contributed by atoms with Crippen LogP contribution in [0.15, 0.2) is 29.2 Å². The summed E-state index contributed by atoms with van der Waals surface area (Å²) in [5, 5.41) is 17.8. The lowest BCUT2D eigenvalue weighted by atomic mass is 10.2. The molecule has 1 saturated heterocycles. The minimum Gasteiger partial charge on any atom is -0.480 e. The summed E-state index contributed by atoms with van der Waals surface area (Å²) in [6, 6.07) is 6.00. The second-order valence-corrected chi connectivity index (χ2v) is 6.07. The Kier molecular flexibility index (Phi) is 4.04. The zero-order valence-electron chi connectivity index (χ0n) is 10.4. The highest BCUT2D eigenvalue weighted by Gasteiger charge is 2.38. The first-order valence-electron chi connectivity index (χ1n) is 5.79. The number of hydrogen-bond acceptors (Lipinski definition) is 5. The van der Waals surface area contributed by atoms with Crippen molar-refractivity contribution in [3.8, 4) is 6.07 Å². The molecule has 1 heterocycles. The van der Waals surface area contributed by atoms with Crippen molar-refractivity contribution in [3.63, 3.8) is 0 Å². The summed E-state index contributed by atoms with van der Waals surface area (Å²) < 4.78 is 30.8. The molecule has 20 heavy (non-hydrogen) atoms. The van der Waals surface area contributed by atoms with Crippen LogP contribution in [0, 0.1) is 11.3 Å². The molecule has 1 fully saturated rings. The Hall–Kier alpha value is -1.95. The minimum absolute atomic E-state index is 0.0146. The predicted octanol–water partition coefficient (Wildman–Crippen LogP) is 0.0324. The normalized spacial score (nSPS) is 20.2. The van der Waals surface area contributed by atoms with Gasteiger partial charge in [-0.1, -0.05) is 0 Å². The molecule has 2 rings (SSSR count). The van der Waals surface area contributed by atoms with Crippen LogP contribution in [-0.4, -0.2) is 49.6 Å². The summed E-state index contributed by atoms with van der Waals surface area (Å²) in [6.45, 7) is -0.0383. The van der Waals surface area contributed by atoms with Crippen LogP contribution in [0.4, 0.5) is 0 Å². The fourth-order valence-corrected chi connectivity index (χ4v) is 3.46. The monoisotopic (exact) mass is 296 g/mol. The molecule has 0 bridgehead atoms. The minimum atomic E-state index is -3.92. The quantitative estimate of drug-likeness (QED) is 0.843. The first kappa shape index (κ1) is 14.5. The van der Waals surface area contributed by atoms with Crippen molar-refractivity contribution >= 4 is 16.0 Å². The van der Waals surface area contributed by atoms with Gasteiger partial charge in [0.25, 0.3) is 0 Å². The maximum Gasteiger partial charge on any atom is 0.324 e. The van der Waals surface area contributed by atoms with Crippen LogP contribution >= 0.6 is 0 Å². The van der Waals surface area contributed by atoms with Crippen molar-refractivity contribution in [3.05, 3.63) is 29.8 Å². The fourth-order valence-electron chi connectivity index (χ4n) is 1.91. The summed E-state index contributed by atoms with van der Waals surface area (Å²) in [4.78, 5) is 11.1. The molecule has 0 aromatic heterocycles. The summed E-state index contributed by atoms with van der Waals surface area (Å²) in [5.74, 6) is -1.25. The molecule has 0 spiro atoms. The van der Waals surface area contributed by atoms with Crippen molar-refractivity contribution in [1.29, 1.82) is 5.26 Å². The Morgan fingerprint density at radius 1 is 1.40 bits per heavy atom. The average molecular weight is 296 g/mol. The molecule has 106 valence electrons. The molecule has 0 radical (unpaired) electrons. The number of hydrogen-bond donors (Lipinski definition) is 1. The van der Waals surface area contributed by atoms with E-state index in [1.807, 2.05) is 6.07 Å². The van der Waals surface area contributed by atoms with Crippen molar-refractivity contribution in [2.75, 3.05) is 19.8 Å². The topological polar surface area (TPSA) is 108 Å². The zero-order chi connectivity index (χ0) is 14.8. The van der Waals surface area contributed by atoms with Crippen LogP contribution in [0.25, 0.3) is 0 Å². The Morgan fingerprint density at radius 3 is 2.60 bits per heavy atom. The van der Waals surface area contributed by atoms with Crippen molar-refractivity contribution in [1.82, 2.24) is 4.31 Å². The number of aliphatic carboxylic acids is 1. The number of carboxylic acid groups (broad SMARTS) is 1. The Bertz CT molecular complexity index is 647. The van der Waals surface area contributed by atoms with Crippen molar-refractivity contribution in [2.45, 2.75) is 10.9 Å². The molecule has 1 aromatic rings. The number of carboxylic acids is 1. The predicted molar refractivity (Wildman–Crippen MR) is 67.3 cm³/mol. The van der Waals surface area contributed by atoms with Gasteiger partial charge in [-0.15, -0.1) is 0 Å². The van der Waals surface area contributed by atoms with E-state index in [1.54, 1.807) is 0 Å². The molecule has 1 atom stereocenters. The highest BCUT2D eigenvalue weighted by Crippen LogP contribution is 2.21. The molecule has 0 amide bonds. The van der Waals surface area contributed by atoms with E-state index in [-0.39, 0.29) is 24.7 Å². The molecule has 1 aliphatic rings. The maximum atomic E-state index is 12.4. The van der Waals surface area contributed by atoms with Crippen LogP contribution in [0.3, 0.4) is 0 Å². The Labute approximate surface area is 116 Å². The molecular formula is C12H12N2O5S. The largest absolute Gasteiger partial charge is 0.480 e. The standard InChI is InChI=1S/C12H12N2O5S/c13-7-9-1-3-10(4-2-9)20(17,18)14-5-6-19-8-11(14)12(15)16/h1-4,11H,5-6,8H2,(H,15,16). The van der Waals surface area contributed by atoms with E-state index in [0.717, 1.165) is 4.31 Å². The van der Waals surface area contributed by atoms with Gasteiger partial charge in [-0.3, -0.25) is 4.79 Å². The van der Waals surface area contributed by atoms with Crippen LogP contribution in [-0.2, 0) is 19.6 Å². The first-order valence-corrected chi connectivity index (χ1v) is 7.23. The van der Waals surface area contributed by atoms with Crippen molar-refractivity contribution < 1.29 is 23.1 Å². The number of rotatable bonds is 3. The van der Waals surface area contributed by atoms with Crippen LogP contribution < -0.4 is 0 Å². The van der Waals surface area contributed by atoms with E-state index in [9.17, 15) is 13.2 Å². The molecule has 1 aliphatic heterocycles. The molecule has 0 saturated carbocycles. The summed E-state index contributed by atoms with van der Waals surface area (Å²) >= 11 is 0. The number of benzene rings is 1. The van der Waals surface area contributed by atoms with E-state index in [1.165, 1.54) is 24.3 Å². The highest BCUT2D eigenvalue weighted by atomic mass is 32.2. The second-order valence-electron chi connectivity index (χ2n) is 4.18. The third-order valence-corrected chi connectivity index (χ3v) is 4.88. The lowest BCUT2D eigenvalue weighted by Crippen LogP contribution is -2.52. The number of ether oxygens (including phenoxy) is 1. The number of morpholine rings is 1. The van der Waals surface area contributed by atoms with E-state index in [0.29, 0.717) is 5.56 Å². The SMILES string of the molecule is N#Cc1ccc(S(=O)(=O)N2CCOCC2C(=O)O)cc1. The average Bonchev–Trinajstić information content (AvgIpc) is 2.47. The van der Waals surface area contributed by atoms with Gasteiger partial charge in [0.1, 0.15) is 6.04 Å². The molecule has 1 aromatic carbocycles. The van der Waals surface area contributed by atoms with Crippen LogP contribution in [0.1, 0.15) is 5.56 Å². The van der Waals surface area contributed by atoms with Gasteiger partial charge in [0, 0.05) is 6.54 Å². The fraction of sp³-hybridized carbons (Fsp3) is 0.333. The van der Waals surface area contributed by atoms with Gasteiger partial charge >= 0.3 is 5.97 Å². The Balaban J connectivity index is 2.37. The van der Waals surface area contributed by atoms with Gasteiger partial charge in [-0.25, -0.2) is 8.42 Å². The molecular weight excluding hydrogens is 284 g/mol. The molecule has 8 heteroatoms.